The van der Waals surface area contributed by atoms with Crippen LogP contribution >= 0.6 is 0 Å². The van der Waals surface area contributed by atoms with Gasteiger partial charge in [-0.15, -0.1) is 0 Å². The summed E-state index contributed by atoms with van der Waals surface area (Å²) >= 11 is 0. The molecule has 0 radical (unpaired) electrons. The molecule has 2 aliphatic heterocycles. The number of unbranched alkanes of at least 4 members (excludes halogenated alkanes) is 20. The number of aryl methyl sites for hydroxylation is 2. The van der Waals surface area contributed by atoms with E-state index in [1.54, 1.807) is 42.7 Å². The molecule has 8 bridgehead atoms. The number of H-pyrrole nitrogens is 2. The van der Waals surface area contributed by atoms with Crippen molar-refractivity contribution in [2.75, 3.05) is 82.3 Å². The van der Waals surface area contributed by atoms with Crippen LogP contribution in [0, 0.1) is 0 Å². The van der Waals surface area contributed by atoms with Gasteiger partial charge in [0, 0.05) is 44.5 Å². The summed E-state index contributed by atoms with van der Waals surface area (Å²) in [6.45, 7) is 19.6. The van der Waals surface area contributed by atoms with Crippen molar-refractivity contribution in [2.45, 2.75) is 248 Å². The topological polar surface area (TPSA) is 220 Å². The van der Waals surface area contributed by atoms with Crippen molar-refractivity contribution in [2.24, 2.45) is 0 Å². The van der Waals surface area contributed by atoms with Gasteiger partial charge in [-0.1, -0.05) is 269 Å². The molecule has 0 aliphatic carbocycles. The fourth-order valence-electron chi connectivity index (χ4n) is 19.0. The average Bonchev–Trinajstić information content (AvgIpc) is 1.54. The lowest BCUT2D eigenvalue weighted by Crippen LogP contribution is -2.07. The molecule has 0 fully saturated rings. The Bertz CT molecular complexity index is 6110. The van der Waals surface area contributed by atoms with Crippen LogP contribution in [0.1, 0.15) is 246 Å². The third-order valence-electron chi connectivity index (χ3n) is 26.4. The van der Waals surface area contributed by atoms with Gasteiger partial charge >= 0.3 is 0 Å². The molecule has 20 heteroatoms. The van der Waals surface area contributed by atoms with Crippen LogP contribution in [-0.2, 0) is 12.8 Å². The molecule has 0 unspecified atom stereocenters. The lowest BCUT2D eigenvalue weighted by Gasteiger charge is -2.24. The van der Waals surface area contributed by atoms with Crippen LogP contribution in [0.4, 0.5) is 0 Å². The molecular formula is C118H142N8O12. The van der Waals surface area contributed by atoms with Gasteiger partial charge in [-0.3, -0.25) is 0 Å². The Morgan fingerprint density at radius 3 is 0.630 bits per heavy atom. The van der Waals surface area contributed by atoms with E-state index in [9.17, 15) is 0 Å². The van der Waals surface area contributed by atoms with Crippen LogP contribution in [0.3, 0.4) is 0 Å². The number of aromatic nitrogens is 8. The number of hydrogen-bond donors (Lipinski definition) is 2. The van der Waals surface area contributed by atoms with E-state index in [1.165, 1.54) is 64.2 Å². The lowest BCUT2D eigenvalue weighted by molar-refractivity contribution is 0.305. The Morgan fingerprint density at radius 2 is 0.406 bits per heavy atom. The first-order valence-electron chi connectivity index (χ1n) is 51.3. The summed E-state index contributed by atoms with van der Waals surface area (Å²) in [6.07, 6.45) is 29.3. The van der Waals surface area contributed by atoms with Gasteiger partial charge in [0.15, 0.2) is 23.3 Å². The standard InChI is InChI=1S/C118H142N8O12/c1-15-23-31-33-35-37-39-41-49-77-63-64-78(50-42-40-38-36-34-32-24-16-2)98-97(77)111-119-112(98)121-114-100-102(108(136-68-28-20-6)94(82-54-46-60-88(74-82)130-12)92(106(100)134-66-26-18-4)80-52-44-58-86(72-80)128-10)116(123-114)125-118-104-103(109(137-69-29-21-7)95(83-55-47-61-89(75-83)131-13)96(110(104)138-70-30-22-8)84-56-48-62-90(76-84)132-14)117(126-118)124-115-101-99(113(120-111)122-115)105(133-65-25-17-3)91(79-51-43-57-85(71-79)127-9)93(107(101)135-67-27-19-5)81-53-45-59-87(73-81)129-11/h43-48,51-64,71-76H,15-42,49-50,65-70H2,1-14H3,(H2,119,120,121,122,123,124,125,126). The van der Waals surface area contributed by atoms with Crippen molar-refractivity contribution in [1.82, 2.24) is 39.9 Å². The summed E-state index contributed by atoms with van der Waals surface area (Å²) in [4.78, 5) is 45.5. The third-order valence-corrected chi connectivity index (χ3v) is 26.4. The van der Waals surface area contributed by atoms with Crippen molar-refractivity contribution in [3.05, 3.63) is 169 Å². The molecule has 2 N–H and O–H groups in total. The molecular weight excluding hydrogens is 1720 g/mol. The fourth-order valence-corrected chi connectivity index (χ4v) is 19.0. The first-order valence-corrected chi connectivity index (χ1v) is 51.3. The number of rotatable bonds is 54. The number of aromatic amines is 2. The molecule has 15 rings (SSSR count). The molecule has 13 aromatic rings. The summed E-state index contributed by atoms with van der Waals surface area (Å²) < 4.78 is 83.9. The van der Waals surface area contributed by atoms with Crippen LogP contribution < -0.4 is 56.8 Å². The second kappa shape index (κ2) is 49.4. The molecule has 0 spiro atoms. The Morgan fingerprint density at radius 1 is 0.203 bits per heavy atom. The van der Waals surface area contributed by atoms with Gasteiger partial charge in [-0.2, -0.15) is 0 Å². The number of hydrogen-bond acceptors (Lipinski definition) is 18. The van der Waals surface area contributed by atoms with E-state index in [-0.39, 0.29) is 11.6 Å². The minimum absolute atomic E-state index is 0.241. The Kier molecular flexibility index (Phi) is 35.7. The van der Waals surface area contributed by atoms with Gasteiger partial charge in [-0.05, 0) is 182 Å². The number of benzene rings is 10. The Balaban J connectivity index is 1.26. The normalized spacial score (nSPS) is 11.6. The molecule has 3 aromatic heterocycles. The average molecular weight is 1860 g/mol. The van der Waals surface area contributed by atoms with Gasteiger partial charge < -0.3 is 66.8 Å². The molecule has 726 valence electrons. The maximum atomic E-state index is 7.77. The summed E-state index contributed by atoms with van der Waals surface area (Å²) in [5, 5.41) is 2.40. The summed E-state index contributed by atoms with van der Waals surface area (Å²) in [6, 6.07) is 53.8. The van der Waals surface area contributed by atoms with Gasteiger partial charge in [0.05, 0.1) is 115 Å². The summed E-state index contributed by atoms with van der Waals surface area (Å²) in [7, 11) is 10.2. The largest absolute Gasteiger partial charge is 0.497 e. The lowest BCUT2D eigenvalue weighted by atomic mass is 9.87. The number of fused-ring (bicyclic) bond motifs is 20. The van der Waals surface area contributed by atoms with Gasteiger partial charge in [-0.25, -0.2) is 29.9 Å². The van der Waals surface area contributed by atoms with E-state index in [4.69, 9.17) is 86.7 Å². The smallest absolute Gasteiger partial charge is 0.168 e. The quantitative estimate of drug-likeness (QED) is 0.0338. The minimum atomic E-state index is 0.241. The van der Waals surface area contributed by atoms with Crippen LogP contribution in [0.25, 0.3) is 156 Å². The van der Waals surface area contributed by atoms with E-state index in [0.717, 1.165) is 181 Å². The molecule has 10 aromatic carbocycles. The minimum Gasteiger partial charge on any atom is -0.497 e. The predicted molar refractivity (Wildman–Crippen MR) is 563 cm³/mol. The van der Waals surface area contributed by atoms with Crippen molar-refractivity contribution in [3.8, 4) is 181 Å². The number of methoxy groups -OCH3 is 6. The van der Waals surface area contributed by atoms with Crippen molar-refractivity contribution >= 4 is 44.1 Å². The Labute approximate surface area is 816 Å². The number of ether oxygens (including phenoxy) is 12. The second-order valence-corrected chi connectivity index (χ2v) is 36.3. The second-order valence-electron chi connectivity index (χ2n) is 36.3. The summed E-state index contributed by atoms with van der Waals surface area (Å²) in [5.74, 6) is 8.41. The maximum absolute atomic E-state index is 7.77. The van der Waals surface area contributed by atoms with Crippen LogP contribution in [-0.4, -0.2) is 122 Å². The monoisotopic (exact) mass is 1860 g/mol. The zero-order valence-electron chi connectivity index (χ0n) is 84.0. The predicted octanol–water partition coefficient (Wildman–Crippen LogP) is 31.4. The van der Waals surface area contributed by atoms with Crippen molar-refractivity contribution in [3.63, 3.8) is 0 Å². The van der Waals surface area contributed by atoms with Crippen molar-refractivity contribution in [1.29, 1.82) is 0 Å². The first kappa shape index (κ1) is 99.6. The van der Waals surface area contributed by atoms with Crippen LogP contribution in [0.15, 0.2) is 158 Å². The molecule has 0 saturated carbocycles. The molecule has 5 heterocycles. The fraction of sp³-hybridized carbons (Fsp3) is 0.424. The zero-order chi connectivity index (χ0) is 96.2. The molecule has 2 aliphatic rings. The van der Waals surface area contributed by atoms with E-state index in [2.05, 4.69) is 150 Å². The SMILES string of the molecule is CCCCCCCCCCc1ccc(CCCCCCCCCC)c2c1-c1nc-2nc2[nH]c(nc3nc(nc4[nH]c(n1)c1c(OCCCC)c(-c5cccc(OC)c5)c(-c5cccc(OC)c5)c(OCCCC)c41)-c1c(OCCCC)c(-c4cccc(OC)c4)c(-c4cccc(OC)c4)c(OCCCC)c1-3)c1c(OCCCC)c(-c3cccc(OC)c3)c(-c3cccc(OC)c3)c(OCCCC)c21. The van der Waals surface area contributed by atoms with E-state index < -0.39 is 0 Å². The van der Waals surface area contributed by atoms with Crippen molar-refractivity contribution < 1.29 is 56.8 Å². The zero-order valence-corrected chi connectivity index (χ0v) is 84.0. The summed E-state index contributed by atoms with van der Waals surface area (Å²) in [5.41, 5.74) is 15.9. The van der Waals surface area contributed by atoms with Crippen LogP contribution in [0.2, 0.25) is 0 Å². The van der Waals surface area contributed by atoms with Gasteiger partial charge in [0.2, 0.25) is 0 Å². The maximum Gasteiger partial charge on any atom is 0.168 e. The van der Waals surface area contributed by atoms with E-state index in [0.29, 0.717) is 212 Å². The number of nitrogens with zero attached hydrogens (tertiary/aromatic N) is 6. The van der Waals surface area contributed by atoms with E-state index in [1.807, 2.05) is 72.8 Å². The highest BCUT2D eigenvalue weighted by Crippen LogP contribution is 2.61. The number of nitrogens with one attached hydrogen (secondary N) is 2. The van der Waals surface area contributed by atoms with E-state index >= 15 is 0 Å². The molecule has 0 atom stereocenters. The van der Waals surface area contributed by atoms with Gasteiger partial charge in [0.25, 0.3) is 0 Å². The first-order chi connectivity index (χ1) is 67.9. The highest BCUT2D eigenvalue weighted by Gasteiger charge is 2.39. The Hall–Kier alpha value is -12.8. The molecule has 20 nitrogen and oxygen atoms in total. The molecule has 138 heavy (non-hydrogen) atoms. The van der Waals surface area contributed by atoms with Gasteiger partial charge in [0.1, 0.15) is 91.6 Å². The highest BCUT2D eigenvalue weighted by molar-refractivity contribution is 6.21. The molecule has 0 saturated heterocycles. The third kappa shape index (κ3) is 22.4. The van der Waals surface area contributed by atoms with Crippen LogP contribution in [0.5, 0.6) is 69.0 Å². The molecule has 0 amide bonds. The highest BCUT2D eigenvalue weighted by atomic mass is 16.5.